The lowest BCUT2D eigenvalue weighted by Crippen LogP contribution is -2.14. The summed E-state index contributed by atoms with van der Waals surface area (Å²) in [4.78, 5) is 13.2. The van der Waals surface area contributed by atoms with Crippen LogP contribution < -0.4 is 5.32 Å². The summed E-state index contributed by atoms with van der Waals surface area (Å²) in [6, 6.07) is 15.1. The molecule has 28 heavy (non-hydrogen) atoms. The second-order valence-corrected chi connectivity index (χ2v) is 8.83. The third kappa shape index (κ3) is 4.82. The number of hydrogen-bond donors (Lipinski definition) is 1. The van der Waals surface area contributed by atoms with Crippen LogP contribution in [0.15, 0.2) is 65.8 Å². The molecule has 1 fully saturated rings. The van der Waals surface area contributed by atoms with Gasteiger partial charge in [0.15, 0.2) is 4.90 Å². The van der Waals surface area contributed by atoms with E-state index in [1.54, 1.807) is 4.68 Å². The van der Waals surface area contributed by atoms with Crippen LogP contribution in [0.2, 0.25) is 0 Å². The number of hydrogen-bond acceptors (Lipinski definition) is 3. The zero-order valence-corrected chi connectivity index (χ0v) is 16.6. The van der Waals surface area contributed by atoms with E-state index >= 15 is 0 Å². The van der Waals surface area contributed by atoms with E-state index in [4.69, 9.17) is 0 Å². The summed E-state index contributed by atoms with van der Waals surface area (Å²) in [6.45, 7) is 2.00. The molecule has 6 heteroatoms. The molecule has 1 atom stereocenters. The summed E-state index contributed by atoms with van der Waals surface area (Å²) in [5.74, 6) is 1.32. The molecule has 1 aromatic heterocycles. The average Bonchev–Trinajstić information content (AvgIpc) is 3.40. The number of amides is 1. The Kier molecular flexibility index (Phi) is 5.50. The van der Waals surface area contributed by atoms with Gasteiger partial charge in [-0.1, -0.05) is 12.1 Å². The molecule has 0 bridgehead atoms. The van der Waals surface area contributed by atoms with E-state index in [2.05, 4.69) is 10.4 Å². The van der Waals surface area contributed by atoms with E-state index < -0.39 is 11.2 Å². The average molecular weight is 394 g/mol. The Balaban J connectivity index is 1.32. The maximum absolute atomic E-state index is 12.3. The molecule has 0 saturated heterocycles. The molecular formula is C22H23N3O2S. The molecule has 1 aliphatic rings. The molecule has 1 N–H and O–H groups in total. The highest BCUT2D eigenvalue weighted by molar-refractivity contribution is 7.91. The lowest BCUT2D eigenvalue weighted by atomic mass is 10.1. The molecule has 1 aliphatic carbocycles. The summed E-state index contributed by atoms with van der Waals surface area (Å²) in [5, 5.41) is 7.20. The number of nitrogens with zero attached hydrogens (tertiary/aromatic N) is 2. The Morgan fingerprint density at radius 3 is 2.50 bits per heavy atom. The number of aromatic nitrogens is 2. The number of aryl methyl sites for hydroxylation is 1. The van der Waals surface area contributed by atoms with E-state index in [-0.39, 0.29) is 12.3 Å². The molecule has 4 rings (SSSR count). The zero-order chi connectivity index (χ0) is 19.5. The van der Waals surface area contributed by atoms with Crippen molar-refractivity contribution in [3.63, 3.8) is 0 Å². The minimum Gasteiger partial charge on any atom is -0.611 e. The molecule has 1 unspecified atom stereocenters. The van der Waals surface area contributed by atoms with Gasteiger partial charge in [-0.25, -0.2) is 4.68 Å². The van der Waals surface area contributed by atoms with Gasteiger partial charge in [-0.3, -0.25) is 4.79 Å². The third-order valence-electron chi connectivity index (χ3n) is 4.76. The van der Waals surface area contributed by atoms with Crippen molar-refractivity contribution in [2.45, 2.75) is 31.1 Å². The molecule has 0 radical (unpaired) electrons. The summed E-state index contributed by atoms with van der Waals surface area (Å²) in [7, 11) is 0. The van der Waals surface area contributed by atoms with Crippen LogP contribution in [0.5, 0.6) is 0 Å². The quantitative estimate of drug-likeness (QED) is 0.619. The molecule has 3 aromatic rings. The summed E-state index contributed by atoms with van der Waals surface area (Å²) < 4.78 is 14.0. The maximum Gasteiger partial charge on any atom is 0.228 e. The van der Waals surface area contributed by atoms with Crippen LogP contribution in [0.3, 0.4) is 0 Å². The number of rotatable bonds is 7. The first-order valence-electron chi connectivity index (χ1n) is 9.46. The minimum absolute atomic E-state index is 0.0745. The van der Waals surface area contributed by atoms with Crippen molar-refractivity contribution in [1.82, 2.24) is 9.78 Å². The SMILES string of the molecule is Cc1cnn(-c2ccc(NC(=O)Cc3ccc([S+]([O-])CC4CC4)cc3)cc2)c1. The first kappa shape index (κ1) is 18.8. The number of carbonyl (C=O) groups is 1. The molecule has 5 nitrogen and oxygen atoms in total. The summed E-state index contributed by atoms with van der Waals surface area (Å²) in [6.07, 6.45) is 6.45. The van der Waals surface area contributed by atoms with Gasteiger partial charge >= 0.3 is 0 Å². The smallest absolute Gasteiger partial charge is 0.228 e. The van der Waals surface area contributed by atoms with Crippen LogP contribution in [0, 0.1) is 12.8 Å². The second-order valence-electron chi connectivity index (χ2n) is 7.33. The Morgan fingerprint density at radius 1 is 1.18 bits per heavy atom. The van der Waals surface area contributed by atoms with Crippen LogP contribution in [0.25, 0.3) is 5.69 Å². The van der Waals surface area contributed by atoms with Crippen molar-refractivity contribution in [1.29, 1.82) is 0 Å². The van der Waals surface area contributed by atoms with Crippen LogP contribution in [0.4, 0.5) is 5.69 Å². The lowest BCUT2D eigenvalue weighted by Gasteiger charge is -2.10. The summed E-state index contributed by atoms with van der Waals surface area (Å²) >= 11 is -0.928. The van der Waals surface area contributed by atoms with Crippen molar-refractivity contribution in [3.05, 3.63) is 72.1 Å². The van der Waals surface area contributed by atoms with E-state index in [0.29, 0.717) is 5.92 Å². The van der Waals surface area contributed by atoms with Crippen molar-refractivity contribution in [2.75, 3.05) is 11.1 Å². The van der Waals surface area contributed by atoms with Gasteiger partial charge in [0.1, 0.15) is 5.75 Å². The number of nitrogens with one attached hydrogen (secondary N) is 1. The van der Waals surface area contributed by atoms with Crippen molar-refractivity contribution in [2.24, 2.45) is 5.92 Å². The van der Waals surface area contributed by atoms with Crippen LogP contribution >= 0.6 is 0 Å². The molecule has 0 spiro atoms. The van der Waals surface area contributed by atoms with Crippen molar-refractivity contribution in [3.8, 4) is 5.69 Å². The molecule has 1 saturated carbocycles. The number of carbonyl (C=O) groups excluding carboxylic acids is 1. The largest absolute Gasteiger partial charge is 0.611 e. The molecule has 1 heterocycles. The van der Waals surface area contributed by atoms with Gasteiger partial charge in [0.25, 0.3) is 0 Å². The van der Waals surface area contributed by atoms with Gasteiger partial charge in [-0.15, -0.1) is 0 Å². The maximum atomic E-state index is 12.3. The summed E-state index contributed by atoms with van der Waals surface area (Å²) in [5.41, 5.74) is 3.70. The molecular weight excluding hydrogens is 370 g/mol. The normalized spacial score (nSPS) is 14.6. The molecule has 1 amide bonds. The van der Waals surface area contributed by atoms with E-state index in [9.17, 15) is 9.35 Å². The topological polar surface area (TPSA) is 70.0 Å². The van der Waals surface area contributed by atoms with Crippen LogP contribution in [-0.4, -0.2) is 26.0 Å². The first-order valence-corrected chi connectivity index (χ1v) is 10.8. The third-order valence-corrected chi connectivity index (χ3v) is 6.33. The van der Waals surface area contributed by atoms with E-state index in [1.165, 1.54) is 12.8 Å². The number of benzene rings is 2. The highest BCUT2D eigenvalue weighted by atomic mass is 32.2. The Hall–Kier alpha value is -2.57. The molecule has 144 valence electrons. The lowest BCUT2D eigenvalue weighted by molar-refractivity contribution is -0.115. The molecule has 2 aromatic carbocycles. The van der Waals surface area contributed by atoms with Crippen molar-refractivity contribution >= 4 is 22.8 Å². The fourth-order valence-electron chi connectivity index (χ4n) is 3.00. The Bertz CT molecular complexity index is 947. The Labute approximate surface area is 168 Å². The standard InChI is InChI=1S/C22H23N3O2S/c1-16-13-23-25(14-16)20-8-6-19(7-9-20)24-22(26)12-17-4-10-21(11-5-17)28(27)15-18-2-3-18/h4-11,13-14,18H,2-3,12,15H2,1H3,(H,24,26). The fraction of sp³-hybridized carbons (Fsp3) is 0.273. The minimum atomic E-state index is -0.928. The highest BCUT2D eigenvalue weighted by Gasteiger charge is 2.28. The predicted molar refractivity (Wildman–Crippen MR) is 111 cm³/mol. The Morgan fingerprint density at radius 2 is 1.89 bits per heavy atom. The number of anilines is 1. The van der Waals surface area contributed by atoms with E-state index in [1.807, 2.05) is 67.8 Å². The van der Waals surface area contributed by atoms with Crippen molar-refractivity contribution < 1.29 is 9.35 Å². The zero-order valence-electron chi connectivity index (χ0n) is 15.8. The fourth-order valence-corrected chi connectivity index (χ4v) is 4.39. The van der Waals surface area contributed by atoms with Gasteiger partial charge in [-0.05, 0) is 78.5 Å². The molecule has 0 aliphatic heterocycles. The van der Waals surface area contributed by atoms with Gasteiger partial charge < -0.3 is 9.87 Å². The van der Waals surface area contributed by atoms with Crippen LogP contribution in [0.1, 0.15) is 24.0 Å². The monoisotopic (exact) mass is 393 g/mol. The van der Waals surface area contributed by atoms with Crippen LogP contribution in [-0.2, 0) is 22.4 Å². The van der Waals surface area contributed by atoms with Gasteiger partial charge in [0.05, 0.1) is 18.3 Å². The van der Waals surface area contributed by atoms with Gasteiger partial charge in [-0.2, -0.15) is 5.10 Å². The highest BCUT2D eigenvalue weighted by Crippen LogP contribution is 2.32. The van der Waals surface area contributed by atoms with Gasteiger partial charge in [0, 0.05) is 17.8 Å². The first-order chi connectivity index (χ1) is 13.6. The van der Waals surface area contributed by atoms with E-state index in [0.717, 1.165) is 33.2 Å². The predicted octanol–water partition coefficient (Wildman–Crippen LogP) is 3.88. The van der Waals surface area contributed by atoms with Gasteiger partial charge in [0.2, 0.25) is 5.91 Å². The second kappa shape index (κ2) is 8.20.